The minimum Gasteiger partial charge on any atom is -0.462 e. The molecule has 3 aromatic rings. The van der Waals surface area contributed by atoms with E-state index >= 15 is 0 Å². The zero-order valence-electron chi connectivity index (χ0n) is 18.7. The zero-order chi connectivity index (χ0) is 24.5. The van der Waals surface area contributed by atoms with E-state index in [9.17, 15) is 19.2 Å². The van der Waals surface area contributed by atoms with Crippen LogP contribution in [0.1, 0.15) is 34.6 Å². The molecular weight excluding hydrogens is 456 g/mol. The van der Waals surface area contributed by atoms with E-state index in [1.54, 1.807) is 42.6 Å². The molecule has 0 saturated carbocycles. The van der Waals surface area contributed by atoms with E-state index < -0.39 is 36.4 Å². The molecule has 0 aliphatic rings. The first kappa shape index (κ1) is 24.7. The lowest BCUT2D eigenvalue weighted by molar-refractivity contribution is -0.152. The molecule has 3 rings (SSSR count). The minimum absolute atomic E-state index is 0.180. The molecule has 0 unspecified atom stereocenters. The molecule has 8 nitrogen and oxygen atoms in total. The third-order valence-electron chi connectivity index (χ3n) is 4.70. The molecule has 2 aromatic carbocycles. The Hall–Kier alpha value is -3.98. The van der Waals surface area contributed by atoms with Crippen LogP contribution in [-0.2, 0) is 19.1 Å². The van der Waals surface area contributed by atoms with E-state index in [0.717, 1.165) is 5.56 Å². The molecule has 9 heteroatoms. The highest BCUT2D eigenvalue weighted by Gasteiger charge is 2.25. The summed E-state index contributed by atoms with van der Waals surface area (Å²) in [5.74, 6) is -2.38. The molecule has 34 heavy (non-hydrogen) atoms. The lowest BCUT2D eigenvalue weighted by atomic mass is 10.0. The number of anilines is 1. The summed E-state index contributed by atoms with van der Waals surface area (Å²) in [7, 11) is 0. The van der Waals surface area contributed by atoms with Crippen molar-refractivity contribution in [1.29, 1.82) is 0 Å². The van der Waals surface area contributed by atoms with Crippen molar-refractivity contribution in [2.45, 2.75) is 20.0 Å². The number of nitrogens with one attached hydrogen (secondary N) is 2. The fraction of sp³-hybridized carbons (Fsp3) is 0.200. The van der Waals surface area contributed by atoms with Gasteiger partial charge in [0.15, 0.2) is 6.10 Å². The highest BCUT2D eigenvalue weighted by Crippen LogP contribution is 2.36. The van der Waals surface area contributed by atoms with Gasteiger partial charge in [0.2, 0.25) is 0 Å². The number of amides is 2. The SMILES string of the molecule is CCOC(=O)c1c(-c2ccccc2)csc1NC(=O)[C@H](C)OC(=O)CNC(=O)c1ccccc1. The molecular formula is C25H24N2O6S. The predicted octanol–water partition coefficient (Wildman–Crippen LogP) is 3.89. The topological polar surface area (TPSA) is 111 Å². The molecule has 1 atom stereocenters. The first-order chi connectivity index (χ1) is 16.4. The van der Waals surface area contributed by atoms with Crippen molar-refractivity contribution in [3.63, 3.8) is 0 Å². The van der Waals surface area contributed by atoms with Crippen LogP contribution in [0.15, 0.2) is 66.0 Å². The molecule has 0 bridgehead atoms. The monoisotopic (exact) mass is 480 g/mol. The third kappa shape index (κ3) is 6.29. The van der Waals surface area contributed by atoms with Crippen LogP contribution >= 0.6 is 11.3 Å². The summed E-state index contributed by atoms with van der Waals surface area (Å²) in [4.78, 5) is 49.4. The second-order valence-electron chi connectivity index (χ2n) is 7.11. The van der Waals surface area contributed by atoms with Crippen LogP contribution in [0.25, 0.3) is 11.1 Å². The van der Waals surface area contributed by atoms with E-state index in [2.05, 4.69) is 10.6 Å². The first-order valence-electron chi connectivity index (χ1n) is 10.6. The summed E-state index contributed by atoms with van der Waals surface area (Å²) in [6.07, 6.45) is -1.15. The Labute approximate surface area is 200 Å². The van der Waals surface area contributed by atoms with Crippen molar-refractivity contribution in [3.05, 3.63) is 77.2 Å². The number of ether oxygens (including phenoxy) is 2. The Morgan fingerprint density at radius 1 is 0.971 bits per heavy atom. The van der Waals surface area contributed by atoms with E-state index in [1.165, 1.54) is 18.3 Å². The summed E-state index contributed by atoms with van der Waals surface area (Å²) in [5, 5.41) is 7.15. The summed E-state index contributed by atoms with van der Waals surface area (Å²) in [6.45, 7) is 2.89. The van der Waals surface area contributed by atoms with Gasteiger partial charge in [-0.05, 0) is 31.5 Å². The van der Waals surface area contributed by atoms with Crippen LogP contribution in [-0.4, -0.2) is 43.0 Å². The molecule has 0 aliphatic heterocycles. The lowest BCUT2D eigenvalue weighted by Crippen LogP contribution is -2.35. The fourth-order valence-electron chi connectivity index (χ4n) is 3.04. The normalized spacial score (nSPS) is 11.2. The quantitative estimate of drug-likeness (QED) is 0.450. The van der Waals surface area contributed by atoms with Gasteiger partial charge in [0.05, 0.1) is 6.61 Å². The Morgan fingerprint density at radius 2 is 1.62 bits per heavy atom. The summed E-state index contributed by atoms with van der Waals surface area (Å²) in [5.41, 5.74) is 2.07. The smallest absolute Gasteiger partial charge is 0.341 e. The van der Waals surface area contributed by atoms with Gasteiger partial charge < -0.3 is 20.1 Å². The molecule has 0 fully saturated rings. The lowest BCUT2D eigenvalue weighted by Gasteiger charge is -2.14. The average Bonchev–Trinajstić information content (AvgIpc) is 3.27. The number of thiophene rings is 1. The van der Waals surface area contributed by atoms with Gasteiger partial charge in [0, 0.05) is 16.5 Å². The summed E-state index contributed by atoms with van der Waals surface area (Å²) >= 11 is 1.17. The van der Waals surface area contributed by atoms with Gasteiger partial charge >= 0.3 is 11.9 Å². The van der Waals surface area contributed by atoms with Gasteiger partial charge in [-0.25, -0.2) is 4.79 Å². The van der Waals surface area contributed by atoms with Gasteiger partial charge in [-0.1, -0.05) is 48.5 Å². The molecule has 2 N–H and O–H groups in total. The van der Waals surface area contributed by atoms with Gasteiger partial charge in [-0.2, -0.15) is 0 Å². The van der Waals surface area contributed by atoms with Crippen molar-refractivity contribution in [2.24, 2.45) is 0 Å². The number of carbonyl (C=O) groups is 4. The molecule has 0 radical (unpaired) electrons. The molecule has 0 saturated heterocycles. The first-order valence-corrected chi connectivity index (χ1v) is 11.5. The summed E-state index contributed by atoms with van der Waals surface area (Å²) in [6, 6.07) is 17.7. The van der Waals surface area contributed by atoms with Gasteiger partial charge in [-0.3, -0.25) is 14.4 Å². The van der Waals surface area contributed by atoms with Crippen molar-refractivity contribution in [1.82, 2.24) is 5.32 Å². The number of carbonyl (C=O) groups excluding carboxylic acids is 4. The second kappa shape index (κ2) is 11.8. The average molecular weight is 481 g/mol. The second-order valence-corrected chi connectivity index (χ2v) is 7.99. The molecule has 1 aromatic heterocycles. The van der Waals surface area contributed by atoms with Crippen molar-refractivity contribution < 1.29 is 28.7 Å². The molecule has 2 amide bonds. The molecule has 1 heterocycles. The maximum absolute atomic E-state index is 12.7. The molecule has 0 spiro atoms. The van der Waals surface area contributed by atoms with Gasteiger partial charge in [-0.15, -0.1) is 11.3 Å². The number of benzene rings is 2. The van der Waals surface area contributed by atoms with Crippen LogP contribution in [0.2, 0.25) is 0 Å². The fourth-order valence-corrected chi connectivity index (χ4v) is 4.00. The maximum atomic E-state index is 12.7. The number of rotatable bonds is 9. The molecule has 0 aliphatic carbocycles. The van der Waals surface area contributed by atoms with Crippen LogP contribution in [0.3, 0.4) is 0 Å². The van der Waals surface area contributed by atoms with Crippen LogP contribution < -0.4 is 10.6 Å². The largest absolute Gasteiger partial charge is 0.462 e. The van der Waals surface area contributed by atoms with Crippen LogP contribution in [0.4, 0.5) is 5.00 Å². The Morgan fingerprint density at radius 3 is 2.26 bits per heavy atom. The van der Waals surface area contributed by atoms with E-state index in [4.69, 9.17) is 9.47 Å². The van der Waals surface area contributed by atoms with Gasteiger partial charge in [0.25, 0.3) is 11.8 Å². The zero-order valence-corrected chi connectivity index (χ0v) is 19.5. The Kier molecular flexibility index (Phi) is 8.53. The van der Waals surface area contributed by atoms with Gasteiger partial charge in [0.1, 0.15) is 17.1 Å². The highest BCUT2D eigenvalue weighted by molar-refractivity contribution is 7.15. The van der Waals surface area contributed by atoms with Crippen molar-refractivity contribution in [2.75, 3.05) is 18.5 Å². The van der Waals surface area contributed by atoms with Crippen LogP contribution in [0, 0.1) is 0 Å². The van der Waals surface area contributed by atoms with E-state index in [0.29, 0.717) is 16.1 Å². The highest BCUT2D eigenvalue weighted by atomic mass is 32.1. The number of esters is 2. The standard InChI is InChI=1S/C25H24N2O6S/c1-3-32-25(31)21-19(17-10-6-4-7-11-17)15-34-24(21)27-22(29)16(2)33-20(28)14-26-23(30)18-12-8-5-9-13-18/h4-13,15-16H,3,14H2,1-2H3,(H,26,30)(H,27,29)/t16-/m0/s1. The van der Waals surface area contributed by atoms with Crippen LogP contribution in [0.5, 0.6) is 0 Å². The molecule has 176 valence electrons. The van der Waals surface area contributed by atoms with Crippen molar-refractivity contribution in [3.8, 4) is 11.1 Å². The summed E-state index contributed by atoms with van der Waals surface area (Å²) < 4.78 is 10.3. The van der Waals surface area contributed by atoms with E-state index in [1.807, 2.05) is 30.3 Å². The maximum Gasteiger partial charge on any atom is 0.341 e. The minimum atomic E-state index is -1.15. The Bertz CT molecular complexity index is 1160. The number of hydrogen-bond acceptors (Lipinski definition) is 7. The third-order valence-corrected chi connectivity index (χ3v) is 5.59. The predicted molar refractivity (Wildman–Crippen MR) is 129 cm³/mol. The Balaban J connectivity index is 1.64. The number of hydrogen-bond donors (Lipinski definition) is 2. The van der Waals surface area contributed by atoms with E-state index in [-0.39, 0.29) is 12.2 Å². The van der Waals surface area contributed by atoms with Crippen molar-refractivity contribution >= 4 is 40.1 Å².